The molecule has 1 fully saturated rings. The molecular formula is C11H18N4O. The summed E-state index contributed by atoms with van der Waals surface area (Å²) in [6.07, 6.45) is 3.01. The number of aliphatic imine (C=N–C) groups is 1. The van der Waals surface area contributed by atoms with Gasteiger partial charge in [-0.2, -0.15) is 5.26 Å². The normalized spacial score (nSPS) is 21.5. The number of hydrogen-bond acceptors (Lipinski definition) is 3. The number of rotatable bonds is 5. The van der Waals surface area contributed by atoms with Crippen LogP contribution < -0.4 is 10.6 Å². The molecule has 0 radical (unpaired) electrons. The van der Waals surface area contributed by atoms with E-state index in [1.165, 1.54) is 0 Å². The largest absolute Gasteiger partial charge is 0.362 e. The Labute approximate surface area is 95.9 Å². The molecule has 0 spiro atoms. The van der Waals surface area contributed by atoms with Gasteiger partial charge in [0.05, 0.1) is 18.3 Å². The van der Waals surface area contributed by atoms with Gasteiger partial charge in [0.15, 0.2) is 0 Å². The van der Waals surface area contributed by atoms with Gasteiger partial charge in [0, 0.05) is 19.5 Å². The SMILES string of the molecule is CCCN=C1CCC(C(=O)NCCC#N)N1. The molecule has 1 amide bonds. The van der Waals surface area contributed by atoms with E-state index in [2.05, 4.69) is 22.5 Å². The predicted molar refractivity (Wildman–Crippen MR) is 62.0 cm³/mol. The zero-order valence-corrected chi connectivity index (χ0v) is 9.62. The molecule has 1 aliphatic heterocycles. The van der Waals surface area contributed by atoms with Crippen LogP contribution >= 0.6 is 0 Å². The van der Waals surface area contributed by atoms with E-state index in [4.69, 9.17) is 5.26 Å². The van der Waals surface area contributed by atoms with Crippen molar-refractivity contribution in [1.82, 2.24) is 10.6 Å². The Hall–Kier alpha value is -1.57. The maximum Gasteiger partial charge on any atom is 0.242 e. The fraction of sp³-hybridized carbons (Fsp3) is 0.727. The summed E-state index contributed by atoms with van der Waals surface area (Å²) in [4.78, 5) is 15.9. The second kappa shape index (κ2) is 6.83. The summed E-state index contributed by atoms with van der Waals surface area (Å²) in [6.45, 7) is 3.31. The van der Waals surface area contributed by atoms with Crippen LogP contribution in [0.15, 0.2) is 4.99 Å². The van der Waals surface area contributed by atoms with Gasteiger partial charge in [-0.1, -0.05) is 6.92 Å². The van der Waals surface area contributed by atoms with Crippen LogP contribution in [0.5, 0.6) is 0 Å². The number of hydrogen-bond donors (Lipinski definition) is 2. The first-order chi connectivity index (χ1) is 7.77. The molecule has 0 aromatic rings. The van der Waals surface area contributed by atoms with Crippen molar-refractivity contribution in [3.63, 3.8) is 0 Å². The van der Waals surface area contributed by atoms with Gasteiger partial charge < -0.3 is 10.6 Å². The molecule has 0 aliphatic carbocycles. The van der Waals surface area contributed by atoms with Crippen LogP contribution in [-0.2, 0) is 4.79 Å². The van der Waals surface area contributed by atoms with Crippen LogP contribution in [0.3, 0.4) is 0 Å². The Morgan fingerprint density at radius 1 is 1.75 bits per heavy atom. The van der Waals surface area contributed by atoms with Crippen LogP contribution in [0.1, 0.15) is 32.6 Å². The molecule has 5 heteroatoms. The highest BCUT2D eigenvalue weighted by Gasteiger charge is 2.25. The van der Waals surface area contributed by atoms with Gasteiger partial charge in [-0.3, -0.25) is 9.79 Å². The average Bonchev–Trinajstić information content (AvgIpc) is 2.75. The molecule has 5 nitrogen and oxygen atoms in total. The van der Waals surface area contributed by atoms with Gasteiger partial charge in [0.2, 0.25) is 5.91 Å². The van der Waals surface area contributed by atoms with E-state index in [1.807, 2.05) is 6.07 Å². The fourth-order valence-electron chi connectivity index (χ4n) is 1.56. The maximum absolute atomic E-state index is 11.6. The molecule has 1 heterocycles. The number of nitrogens with zero attached hydrogens (tertiary/aromatic N) is 2. The van der Waals surface area contributed by atoms with Crippen molar-refractivity contribution in [3.8, 4) is 6.07 Å². The van der Waals surface area contributed by atoms with Gasteiger partial charge in [0.1, 0.15) is 6.04 Å². The summed E-state index contributed by atoms with van der Waals surface area (Å²) in [5, 5.41) is 14.2. The van der Waals surface area contributed by atoms with E-state index in [0.717, 1.165) is 31.6 Å². The Morgan fingerprint density at radius 3 is 3.25 bits per heavy atom. The Morgan fingerprint density at radius 2 is 2.56 bits per heavy atom. The third-order valence-electron chi connectivity index (χ3n) is 2.39. The van der Waals surface area contributed by atoms with Crippen molar-refractivity contribution in [2.75, 3.05) is 13.1 Å². The van der Waals surface area contributed by atoms with E-state index in [1.54, 1.807) is 0 Å². The maximum atomic E-state index is 11.6. The Kier molecular flexibility index (Phi) is 5.34. The van der Waals surface area contributed by atoms with Crippen LogP contribution in [0, 0.1) is 11.3 Å². The molecule has 1 atom stereocenters. The number of carbonyl (C=O) groups excluding carboxylic acids is 1. The summed E-state index contributed by atoms with van der Waals surface area (Å²) in [5.74, 6) is 0.902. The first kappa shape index (κ1) is 12.5. The van der Waals surface area contributed by atoms with Gasteiger partial charge in [0.25, 0.3) is 0 Å². The zero-order valence-electron chi connectivity index (χ0n) is 9.62. The molecule has 0 saturated carbocycles. The highest BCUT2D eigenvalue weighted by molar-refractivity contribution is 5.93. The molecule has 1 unspecified atom stereocenters. The van der Waals surface area contributed by atoms with E-state index in [9.17, 15) is 4.79 Å². The quantitative estimate of drug-likeness (QED) is 0.668. The van der Waals surface area contributed by atoms with E-state index < -0.39 is 0 Å². The lowest BCUT2D eigenvalue weighted by atomic mass is 10.2. The lowest BCUT2D eigenvalue weighted by molar-refractivity contribution is -0.122. The van der Waals surface area contributed by atoms with Crippen molar-refractivity contribution in [2.45, 2.75) is 38.6 Å². The van der Waals surface area contributed by atoms with Gasteiger partial charge in [-0.15, -0.1) is 0 Å². The smallest absolute Gasteiger partial charge is 0.242 e. The highest BCUT2D eigenvalue weighted by atomic mass is 16.2. The van der Waals surface area contributed by atoms with Crippen LogP contribution in [0.25, 0.3) is 0 Å². The van der Waals surface area contributed by atoms with Crippen molar-refractivity contribution < 1.29 is 4.79 Å². The first-order valence-electron chi connectivity index (χ1n) is 5.72. The summed E-state index contributed by atoms with van der Waals surface area (Å²) >= 11 is 0. The van der Waals surface area contributed by atoms with Crippen LogP contribution in [0.4, 0.5) is 0 Å². The molecule has 1 saturated heterocycles. The number of amides is 1. The molecule has 0 aromatic heterocycles. The molecule has 88 valence electrons. The predicted octanol–water partition coefficient (Wildman–Crippen LogP) is 0.577. The van der Waals surface area contributed by atoms with Crippen molar-refractivity contribution in [2.24, 2.45) is 4.99 Å². The molecule has 0 aromatic carbocycles. The number of amidine groups is 1. The summed E-state index contributed by atoms with van der Waals surface area (Å²) < 4.78 is 0. The zero-order chi connectivity index (χ0) is 11.8. The monoisotopic (exact) mass is 222 g/mol. The third-order valence-corrected chi connectivity index (χ3v) is 2.39. The van der Waals surface area contributed by atoms with Crippen LogP contribution in [0.2, 0.25) is 0 Å². The van der Waals surface area contributed by atoms with E-state index in [0.29, 0.717) is 13.0 Å². The molecule has 0 bridgehead atoms. The van der Waals surface area contributed by atoms with Crippen molar-refractivity contribution in [1.29, 1.82) is 5.26 Å². The average molecular weight is 222 g/mol. The Balaban J connectivity index is 2.30. The third kappa shape index (κ3) is 3.89. The van der Waals surface area contributed by atoms with Gasteiger partial charge in [-0.25, -0.2) is 0 Å². The number of carbonyl (C=O) groups is 1. The first-order valence-corrected chi connectivity index (χ1v) is 5.72. The lowest BCUT2D eigenvalue weighted by Crippen LogP contribution is -2.41. The molecular weight excluding hydrogens is 204 g/mol. The minimum absolute atomic E-state index is 0.0306. The summed E-state index contributed by atoms with van der Waals surface area (Å²) in [5.41, 5.74) is 0. The summed E-state index contributed by atoms with van der Waals surface area (Å²) in [6, 6.07) is 1.82. The van der Waals surface area contributed by atoms with E-state index >= 15 is 0 Å². The molecule has 1 aliphatic rings. The standard InChI is InChI=1S/C11H18N4O/c1-2-7-13-10-5-4-9(15-10)11(16)14-8-3-6-12/h9H,2-5,7-8H2,1H3,(H,13,15)(H,14,16). The summed E-state index contributed by atoms with van der Waals surface area (Å²) in [7, 11) is 0. The second-order valence-electron chi connectivity index (χ2n) is 3.76. The molecule has 16 heavy (non-hydrogen) atoms. The molecule has 2 N–H and O–H groups in total. The number of nitrogens with one attached hydrogen (secondary N) is 2. The van der Waals surface area contributed by atoms with E-state index in [-0.39, 0.29) is 11.9 Å². The topological polar surface area (TPSA) is 77.3 Å². The van der Waals surface area contributed by atoms with Crippen molar-refractivity contribution >= 4 is 11.7 Å². The lowest BCUT2D eigenvalue weighted by Gasteiger charge is -2.10. The number of nitriles is 1. The van der Waals surface area contributed by atoms with Gasteiger partial charge >= 0.3 is 0 Å². The minimum atomic E-state index is -0.172. The highest BCUT2D eigenvalue weighted by Crippen LogP contribution is 2.08. The van der Waals surface area contributed by atoms with Crippen molar-refractivity contribution in [3.05, 3.63) is 0 Å². The second-order valence-corrected chi connectivity index (χ2v) is 3.76. The van der Waals surface area contributed by atoms with Crippen LogP contribution in [-0.4, -0.2) is 30.9 Å². The molecule has 1 rings (SSSR count). The minimum Gasteiger partial charge on any atom is -0.362 e. The van der Waals surface area contributed by atoms with Gasteiger partial charge in [-0.05, 0) is 12.8 Å². The Bertz CT molecular complexity index is 306. The fourth-order valence-corrected chi connectivity index (χ4v) is 1.56.